The minimum Gasteiger partial charge on any atom is -0.320 e. The topological polar surface area (TPSA) is 81.7 Å². The molecule has 6 rings (SSSR count). The van der Waals surface area contributed by atoms with Gasteiger partial charge in [-0.1, -0.05) is 71.7 Å². The lowest BCUT2D eigenvalue weighted by Gasteiger charge is -2.32. The van der Waals surface area contributed by atoms with Crippen molar-refractivity contribution in [2.24, 2.45) is 0 Å². The molecule has 0 spiro atoms. The number of hydrogen-bond acceptors (Lipinski definition) is 4. The summed E-state index contributed by atoms with van der Waals surface area (Å²) in [5.41, 5.74) is 6.49. The van der Waals surface area contributed by atoms with Gasteiger partial charge >= 0.3 is 12.1 Å². The number of urea groups is 2. The molecule has 4 aromatic rings. The molecular formula is C31H30Cl2N6O2. The number of amides is 4. The van der Waals surface area contributed by atoms with Crippen LogP contribution in [-0.4, -0.2) is 52.0 Å². The van der Waals surface area contributed by atoms with E-state index in [0.29, 0.717) is 29.1 Å². The molecule has 10 heteroatoms. The van der Waals surface area contributed by atoms with E-state index in [-0.39, 0.29) is 12.1 Å². The highest BCUT2D eigenvalue weighted by molar-refractivity contribution is 6.30. The van der Waals surface area contributed by atoms with Crippen LogP contribution in [0.3, 0.4) is 0 Å². The highest BCUT2D eigenvalue weighted by atomic mass is 35.5. The van der Waals surface area contributed by atoms with Gasteiger partial charge in [-0.2, -0.15) is 0 Å². The molecule has 4 amide bonds. The van der Waals surface area contributed by atoms with E-state index in [2.05, 4.69) is 39.6 Å². The zero-order chi connectivity index (χ0) is 28.8. The maximum atomic E-state index is 12.6. The van der Waals surface area contributed by atoms with Crippen LogP contribution in [0, 0.1) is 0 Å². The van der Waals surface area contributed by atoms with Gasteiger partial charge in [-0.3, -0.25) is 4.90 Å². The van der Waals surface area contributed by atoms with Crippen LogP contribution in [0.5, 0.6) is 0 Å². The van der Waals surface area contributed by atoms with Crippen LogP contribution in [0.1, 0.15) is 22.3 Å². The number of nitrogens with zero attached hydrogens (tertiary/aromatic N) is 5. The van der Waals surface area contributed by atoms with Crippen LogP contribution >= 0.6 is 23.2 Å². The molecule has 4 heterocycles. The fourth-order valence-electron chi connectivity index (χ4n) is 4.93. The van der Waals surface area contributed by atoms with Crippen molar-refractivity contribution >= 4 is 46.6 Å². The Balaban J connectivity index is 0.000000165. The number of aromatic nitrogens is 2. The number of halogens is 2. The Morgan fingerprint density at radius 1 is 0.756 bits per heavy atom. The van der Waals surface area contributed by atoms with Gasteiger partial charge in [0.15, 0.2) is 0 Å². The molecule has 1 N–H and O–H groups in total. The van der Waals surface area contributed by atoms with Gasteiger partial charge in [-0.05, 0) is 59.4 Å². The number of pyridine rings is 2. The molecule has 8 nitrogen and oxygen atoms in total. The Bertz CT molecular complexity index is 1550. The monoisotopic (exact) mass is 588 g/mol. The highest BCUT2D eigenvalue weighted by Gasteiger charge is 2.24. The van der Waals surface area contributed by atoms with E-state index in [1.807, 2.05) is 29.2 Å². The van der Waals surface area contributed by atoms with Gasteiger partial charge in [-0.25, -0.2) is 19.6 Å². The number of fused-ring (bicyclic) bond motifs is 2. The van der Waals surface area contributed by atoms with Gasteiger partial charge in [0.2, 0.25) is 0 Å². The first-order valence-electron chi connectivity index (χ1n) is 13.3. The van der Waals surface area contributed by atoms with E-state index in [1.165, 1.54) is 22.3 Å². The first-order chi connectivity index (χ1) is 19.9. The Kier molecular flexibility index (Phi) is 9.01. The van der Waals surface area contributed by atoms with Crippen LogP contribution in [-0.2, 0) is 25.9 Å². The van der Waals surface area contributed by atoms with Crippen molar-refractivity contribution in [1.82, 2.24) is 19.8 Å². The molecule has 2 aliphatic heterocycles. The van der Waals surface area contributed by atoms with Crippen molar-refractivity contribution < 1.29 is 9.59 Å². The Hall–Kier alpha value is -4.14. The van der Waals surface area contributed by atoms with Crippen molar-refractivity contribution in [3.63, 3.8) is 0 Å². The number of benzene rings is 2. The largest absolute Gasteiger partial charge is 0.324 e. The molecule has 0 unspecified atom stereocenters. The zero-order valence-electron chi connectivity index (χ0n) is 22.6. The van der Waals surface area contributed by atoms with Crippen molar-refractivity contribution in [2.45, 2.75) is 25.9 Å². The number of nitrogens with one attached hydrogen (secondary N) is 1. The normalized spacial score (nSPS) is 13.7. The lowest BCUT2D eigenvalue weighted by atomic mass is 10.0. The van der Waals surface area contributed by atoms with Crippen molar-refractivity contribution in [3.8, 4) is 0 Å². The van der Waals surface area contributed by atoms with E-state index in [4.69, 9.17) is 23.2 Å². The number of rotatable bonds is 2. The molecule has 2 aromatic carbocycles. The Morgan fingerprint density at radius 3 is 1.90 bits per heavy atom. The summed E-state index contributed by atoms with van der Waals surface area (Å²) in [6, 6.07) is 23.2. The third-order valence-corrected chi connectivity index (χ3v) is 7.59. The van der Waals surface area contributed by atoms with Gasteiger partial charge in [-0.15, -0.1) is 0 Å². The quantitative estimate of drug-likeness (QED) is 0.265. The lowest BCUT2D eigenvalue weighted by molar-refractivity contribution is 0.200. The van der Waals surface area contributed by atoms with Gasteiger partial charge < -0.3 is 15.1 Å². The predicted molar refractivity (Wildman–Crippen MR) is 162 cm³/mol. The maximum absolute atomic E-state index is 12.6. The summed E-state index contributed by atoms with van der Waals surface area (Å²) in [4.78, 5) is 37.9. The van der Waals surface area contributed by atoms with Gasteiger partial charge in [0.25, 0.3) is 0 Å². The molecule has 2 aromatic heterocycles. The summed E-state index contributed by atoms with van der Waals surface area (Å²) in [7, 11) is 1.76. The van der Waals surface area contributed by atoms with Crippen molar-refractivity contribution in [3.05, 3.63) is 118 Å². The molecule has 0 saturated heterocycles. The van der Waals surface area contributed by atoms with Crippen LogP contribution < -0.4 is 10.2 Å². The predicted octanol–water partition coefficient (Wildman–Crippen LogP) is 6.67. The Labute approximate surface area is 249 Å². The van der Waals surface area contributed by atoms with Crippen LogP contribution in [0.15, 0.2) is 85.2 Å². The SMILES string of the molecule is CN(C(=O)N1CCc2ccccc2C1)c1ccnc(Cl)c1.O=C(Nc1ccnc(Cl)c1)N1CCc2ccccc2C1. The first kappa shape index (κ1) is 28.4. The summed E-state index contributed by atoms with van der Waals surface area (Å²) in [6.07, 6.45) is 4.96. The zero-order valence-corrected chi connectivity index (χ0v) is 24.1. The molecule has 0 radical (unpaired) electrons. The smallest absolute Gasteiger partial charge is 0.320 e. The fourth-order valence-corrected chi connectivity index (χ4v) is 5.28. The van der Waals surface area contributed by atoms with E-state index in [0.717, 1.165) is 31.6 Å². The second-order valence-electron chi connectivity index (χ2n) is 9.86. The molecule has 0 fully saturated rings. The fraction of sp³-hybridized carbons (Fsp3) is 0.226. The molecule has 0 atom stereocenters. The average molecular weight is 590 g/mol. The third-order valence-electron chi connectivity index (χ3n) is 7.18. The number of hydrogen-bond donors (Lipinski definition) is 1. The summed E-state index contributed by atoms with van der Waals surface area (Å²) >= 11 is 11.7. The number of anilines is 2. The average Bonchev–Trinajstić information content (AvgIpc) is 3.00. The second-order valence-corrected chi connectivity index (χ2v) is 10.6. The standard InChI is InChI=1S/C16H16ClN3O.C15H14ClN3O/c1-19(14-6-8-18-15(17)10-14)16(21)20-9-7-12-4-2-3-5-13(12)11-20;16-14-9-13(5-7-17-14)18-15(20)19-8-6-11-3-1-2-4-12(11)10-19/h2-6,8,10H,7,9,11H2,1H3;1-5,7,9H,6,8,10H2,(H,17,18,20). The van der Waals surface area contributed by atoms with E-state index < -0.39 is 0 Å². The molecule has 0 aliphatic carbocycles. The van der Waals surface area contributed by atoms with E-state index in [9.17, 15) is 9.59 Å². The van der Waals surface area contributed by atoms with Crippen LogP contribution in [0.25, 0.3) is 0 Å². The van der Waals surface area contributed by atoms with Crippen LogP contribution in [0.2, 0.25) is 10.3 Å². The molecular weight excluding hydrogens is 559 g/mol. The van der Waals surface area contributed by atoms with Gasteiger partial charge in [0.1, 0.15) is 10.3 Å². The maximum Gasteiger partial charge on any atom is 0.324 e. The molecule has 210 valence electrons. The second kappa shape index (κ2) is 13.0. The summed E-state index contributed by atoms with van der Waals surface area (Å²) in [5, 5.41) is 3.60. The minimum atomic E-state index is -0.109. The summed E-state index contributed by atoms with van der Waals surface area (Å²) < 4.78 is 0. The van der Waals surface area contributed by atoms with Gasteiger partial charge in [0.05, 0.1) is 0 Å². The third kappa shape index (κ3) is 7.14. The first-order valence-corrected chi connectivity index (χ1v) is 14.1. The Morgan fingerprint density at radius 2 is 1.29 bits per heavy atom. The van der Waals surface area contributed by atoms with Crippen LogP contribution in [0.4, 0.5) is 21.0 Å². The van der Waals surface area contributed by atoms with Crippen molar-refractivity contribution in [1.29, 1.82) is 0 Å². The minimum absolute atomic E-state index is 0.0215. The van der Waals surface area contributed by atoms with E-state index >= 15 is 0 Å². The number of carbonyl (C=O) groups is 2. The van der Waals surface area contributed by atoms with Crippen molar-refractivity contribution in [2.75, 3.05) is 30.4 Å². The molecule has 41 heavy (non-hydrogen) atoms. The summed E-state index contributed by atoms with van der Waals surface area (Å²) in [6.45, 7) is 2.75. The molecule has 0 saturated carbocycles. The van der Waals surface area contributed by atoms with E-state index in [1.54, 1.807) is 53.5 Å². The van der Waals surface area contributed by atoms with Gasteiger partial charge in [0, 0.05) is 57.0 Å². The highest BCUT2D eigenvalue weighted by Crippen LogP contribution is 2.23. The molecule has 0 bridgehead atoms. The molecule has 2 aliphatic rings. The summed E-state index contributed by atoms with van der Waals surface area (Å²) in [5.74, 6) is 0. The number of carbonyl (C=O) groups excluding carboxylic acids is 2. The lowest BCUT2D eigenvalue weighted by Crippen LogP contribution is -2.43.